The fraction of sp³-hybridized carbons (Fsp3) is 0.833. The number of methoxy groups -OCH3 is 1. The molecule has 104 valence electrons. The largest absolute Gasteiger partial charge is 0.480 e. The number of hydrogen-bond acceptors (Lipinski definition) is 4. The molecule has 0 aromatic carbocycles. The van der Waals surface area contributed by atoms with Crippen LogP contribution in [-0.2, 0) is 19.1 Å². The second-order valence-electron chi connectivity index (χ2n) is 4.66. The van der Waals surface area contributed by atoms with Crippen LogP contribution in [0.1, 0.15) is 26.7 Å². The van der Waals surface area contributed by atoms with Crippen molar-refractivity contribution >= 4 is 11.9 Å². The molecule has 0 aliphatic carbocycles. The van der Waals surface area contributed by atoms with Crippen LogP contribution in [0.4, 0.5) is 0 Å². The van der Waals surface area contributed by atoms with Gasteiger partial charge in [-0.15, -0.1) is 0 Å². The van der Waals surface area contributed by atoms with Crippen LogP contribution >= 0.6 is 0 Å². The lowest BCUT2D eigenvalue weighted by molar-refractivity contribution is -0.148. The molecule has 1 rings (SSSR count). The summed E-state index contributed by atoms with van der Waals surface area (Å²) in [4.78, 5) is 24.4. The molecule has 0 aromatic heterocycles. The number of nitrogens with zero attached hydrogens (tertiary/aromatic N) is 1. The van der Waals surface area contributed by atoms with Gasteiger partial charge in [-0.05, 0) is 13.8 Å². The van der Waals surface area contributed by atoms with Gasteiger partial charge in [0.25, 0.3) is 0 Å². The number of aliphatic carboxylic acids is 1. The molecule has 0 saturated carbocycles. The van der Waals surface area contributed by atoms with Crippen molar-refractivity contribution in [2.75, 3.05) is 20.3 Å². The van der Waals surface area contributed by atoms with Gasteiger partial charge in [0.1, 0.15) is 6.04 Å². The van der Waals surface area contributed by atoms with Crippen LogP contribution in [0.25, 0.3) is 0 Å². The molecular weight excluding hydrogens is 238 g/mol. The van der Waals surface area contributed by atoms with E-state index in [4.69, 9.17) is 14.6 Å². The molecule has 6 nitrogen and oxygen atoms in total. The highest BCUT2D eigenvalue weighted by Crippen LogP contribution is 2.21. The summed E-state index contributed by atoms with van der Waals surface area (Å²) in [6.07, 6.45) is 0.431. The average Bonchev–Trinajstić information content (AvgIpc) is 2.72. The maximum atomic E-state index is 11.9. The van der Waals surface area contributed by atoms with Gasteiger partial charge in [-0.3, -0.25) is 4.79 Å². The topological polar surface area (TPSA) is 76.1 Å². The summed E-state index contributed by atoms with van der Waals surface area (Å²) in [7, 11) is 1.53. The Kier molecular flexibility index (Phi) is 5.55. The predicted octanol–water partition coefficient (Wildman–Crippen LogP) is 0.502. The highest BCUT2D eigenvalue weighted by molar-refractivity contribution is 5.84. The van der Waals surface area contributed by atoms with E-state index in [0.29, 0.717) is 19.6 Å². The van der Waals surface area contributed by atoms with Crippen molar-refractivity contribution in [1.29, 1.82) is 0 Å². The SMILES string of the molecule is COC1CC(C(=O)O)N(C(=O)CCOC(C)C)C1. The van der Waals surface area contributed by atoms with Gasteiger partial charge < -0.3 is 19.5 Å². The number of ether oxygens (including phenoxy) is 2. The molecule has 1 amide bonds. The number of carboxylic acids is 1. The molecule has 1 saturated heterocycles. The summed E-state index contributed by atoms with van der Waals surface area (Å²) in [5.74, 6) is -1.17. The van der Waals surface area contributed by atoms with Crippen molar-refractivity contribution in [2.24, 2.45) is 0 Å². The molecule has 1 fully saturated rings. The summed E-state index contributed by atoms with van der Waals surface area (Å²) in [5.41, 5.74) is 0. The fourth-order valence-corrected chi connectivity index (χ4v) is 2.00. The third-order valence-electron chi connectivity index (χ3n) is 2.97. The number of rotatable bonds is 6. The first-order valence-corrected chi connectivity index (χ1v) is 6.12. The van der Waals surface area contributed by atoms with Crippen molar-refractivity contribution < 1.29 is 24.2 Å². The highest BCUT2D eigenvalue weighted by atomic mass is 16.5. The molecule has 18 heavy (non-hydrogen) atoms. The summed E-state index contributed by atoms with van der Waals surface area (Å²) >= 11 is 0. The van der Waals surface area contributed by atoms with Gasteiger partial charge in [0.2, 0.25) is 5.91 Å². The van der Waals surface area contributed by atoms with Crippen LogP contribution in [0.2, 0.25) is 0 Å². The molecule has 0 radical (unpaired) electrons. The Balaban J connectivity index is 2.51. The maximum absolute atomic E-state index is 11.9. The van der Waals surface area contributed by atoms with E-state index in [9.17, 15) is 9.59 Å². The molecule has 1 N–H and O–H groups in total. The Hall–Kier alpha value is -1.14. The average molecular weight is 259 g/mol. The molecule has 6 heteroatoms. The lowest BCUT2D eigenvalue weighted by Gasteiger charge is -2.21. The summed E-state index contributed by atoms with van der Waals surface area (Å²) in [6, 6.07) is -0.776. The fourth-order valence-electron chi connectivity index (χ4n) is 2.00. The van der Waals surface area contributed by atoms with E-state index < -0.39 is 12.0 Å². The number of likely N-dealkylation sites (tertiary alicyclic amines) is 1. The van der Waals surface area contributed by atoms with E-state index in [0.717, 1.165) is 0 Å². The predicted molar refractivity (Wildman–Crippen MR) is 64.3 cm³/mol. The third kappa shape index (κ3) is 3.96. The quantitative estimate of drug-likeness (QED) is 0.751. The van der Waals surface area contributed by atoms with Crippen molar-refractivity contribution in [3.05, 3.63) is 0 Å². The molecule has 1 heterocycles. The van der Waals surface area contributed by atoms with Crippen molar-refractivity contribution in [3.63, 3.8) is 0 Å². The van der Waals surface area contributed by atoms with E-state index in [2.05, 4.69) is 0 Å². The van der Waals surface area contributed by atoms with E-state index in [1.54, 1.807) is 0 Å². The standard InChI is InChI=1S/C12H21NO5/c1-8(2)18-5-4-11(14)13-7-9(17-3)6-10(13)12(15)16/h8-10H,4-7H2,1-3H3,(H,15,16). The van der Waals surface area contributed by atoms with Gasteiger partial charge in [-0.1, -0.05) is 0 Å². The molecule has 1 aliphatic heterocycles. The maximum Gasteiger partial charge on any atom is 0.326 e. The number of carboxylic acid groups (broad SMARTS) is 1. The van der Waals surface area contributed by atoms with Crippen LogP contribution in [0.15, 0.2) is 0 Å². The van der Waals surface area contributed by atoms with Gasteiger partial charge >= 0.3 is 5.97 Å². The number of carbonyl (C=O) groups excluding carboxylic acids is 1. The molecule has 0 spiro atoms. The number of hydrogen-bond donors (Lipinski definition) is 1. The molecule has 1 aliphatic rings. The molecule has 0 aromatic rings. The van der Waals surface area contributed by atoms with Crippen LogP contribution in [0.5, 0.6) is 0 Å². The van der Waals surface area contributed by atoms with Gasteiger partial charge in [0, 0.05) is 20.1 Å². The first-order chi connectivity index (χ1) is 8.45. The lowest BCUT2D eigenvalue weighted by Crippen LogP contribution is -2.41. The number of carbonyl (C=O) groups is 2. The van der Waals surface area contributed by atoms with E-state index >= 15 is 0 Å². The highest BCUT2D eigenvalue weighted by Gasteiger charge is 2.39. The van der Waals surface area contributed by atoms with Crippen LogP contribution in [0.3, 0.4) is 0 Å². The van der Waals surface area contributed by atoms with Gasteiger partial charge in [-0.2, -0.15) is 0 Å². The Morgan fingerprint density at radius 1 is 1.44 bits per heavy atom. The normalized spacial score (nSPS) is 23.7. The minimum atomic E-state index is -0.979. The monoisotopic (exact) mass is 259 g/mol. The molecule has 0 bridgehead atoms. The molecule has 2 unspecified atom stereocenters. The number of amides is 1. The smallest absolute Gasteiger partial charge is 0.326 e. The molecular formula is C12H21NO5. The zero-order valence-electron chi connectivity index (χ0n) is 11.1. The van der Waals surface area contributed by atoms with E-state index in [1.165, 1.54) is 12.0 Å². The summed E-state index contributed by atoms with van der Waals surface area (Å²) in [6.45, 7) is 4.44. The first-order valence-electron chi connectivity index (χ1n) is 6.12. The Morgan fingerprint density at radius 2 is 2.11 bits per heavy atom. The van der Waals surface area contributed by atoms with Crippen molar-refractivity contribution in [1.82, 2.24) is 4.90 Å². The minimum absolute atomic E-state index is 0.0679. The Labute approximate surface area is 107 Å². The second-order valence-corrected chi connectivity index (χ2v) is 4.66. The summed E-state index contributed by atoms with van der Waals surface area (Å²) in [5, 5.41) is 9.08. The van der Waals surface area contributed by atoms with Gasteiger partial charge in [0.15, 0.2) is 0 Å². The van der Waals surface area contributed by atoms with Crippen molar-refractivity contribution in [3.8, 4) is 0 Å². The molecule has 2 atom stereocenters. The van der Waals surface area contributed by atoms with E-state index in [1.807, 2.05) is 13.8 Å². The van der Waals surface area contributed by atoms with Crippen molar-refractivity contribution in [2.45, 2.75) is 44.9 Å². The van der Waals surface area contributed by atoms with Gasteiger partial charge in [-0.25, -0.2) is 4.79 Å². The lowest BCUT2D eigenvalue weighted by atomic mass is 10.2. The Morgan fingerprint density at radius 3 is 2.61 bits per heavy atom. The minimum Gasteiger partial charge on any atom is -0.480 e. The first kappa shape index (κ1) is 14.9. The third-order valence-corrected chi connectivity index (χ3v) is 2.97. The van der Waals surface area contributed by atoms with E-state index in [-0.39, 0.29) is 24.5 Å². The zero-order chi connectivity index (χ0) is 13.7. The van der Waals surface area contributed by atoms with Crippen LogP contribution in [0, 0.1) is 0 Å². The van der Waals surface area contributed by atoms with Crippen LogP contribution in [-0.4, -0.2) is 60.4 Å². The summed E-state index contributed by atoms with van der Waals surface area (Å²) < 4.78 is 10.4. The Bertz CT molecular complexity index is 305. The van der Waals surface area contributed by atoms with Crippen LogP contribution < -0.4 is 0 Å². The zero-order valence-corrected chi connectivity index (χ0v) is 11.1. The second kappa shape index (κ2) is 6.70. The van der Waals surface area contributed by atoms with Gasteiger partial charge in [0.05, 0.1) is 25.2 Å².